The summed E-state index contributed by atoms with van der Waals surface area (Å²) in [5.74, 6) is 1.69. The smallest absolute Gasteiger partial charge is 0.143 e. The number of benzene rings is 1. The second-order valence-electron chi connectivity index (χ2n) is 3.54. The first-order valence-electron chi connectivity index (χ1n) is 5.12. The van der Waals surface area contributed by atoms with Crippen molar-refractivity contribution in [2.45, 2.75) is 6.54 Å². The van der Waals surface area contributed by atoms with Gasteiger partial charge in [-0.05, 0) is 12.1 Å². The van der Waals surface area contributed by atoms with Crippen LogP contribution in [0.15, 0.2) is 30.5 Å². The summed E-state index contributed by atoms with van der Waals surface area (Å²) in [4.78, 5) is 4.37. The van der Waals surface area contributed by atoms with E-state index < -0.39 is 0 Å². The van der Waals surface area contributed by atoms with Crippen LogP contribution in [0.3, 0.4) is 0 Å². The average Bonchev–Trinajstić information content (AvgIpc) is 2.70. The zero-order valence-electron chi connectivity index (χ0n) is 9.47. The van der Waals surface area contributed by atoms with E-state index in [2.05, 4.69) is 4.98 Å². The molecular weight excluding hydrogens is 202 g/mol. The fraction of sp³-hybridized carbons (Fsp3) is 0.250. The van der Waals surface area contributed by atoms with Gasteiger partial charge in [-0.2, -0.15) is 0 Å². The summed E-state index contributed by atoms with van der Waals surface area (Å²) in [7, 11) is 3.61. The molecule has 4 nitrogen and oxygen atoms in total. The van der Waals surface area contributed by atoms with Gasteiger partial charge < -0.3 is 15.0 Å². The molecule has 2 aromatic rings. The van der Waals surface area contributed by atoms with Crippen molar-refractivity contribution in [3.05, 3.63) is 36.2 Å². The Bertz CT molecular complexity index is 491. The predicted molar refractivity (Wildman–Crippen MR) is 63.1 cm³/mol. The first-order chi connectivity index (χ1) is 7.77. The molecule has 1 aromatic carbocycles. The zero-order chi connectivity index (χ0) is 11.5. The fourth-order valence-corrected chi connectivity index (χ4v) is 1.71. The van der Waals surface area contributed by atoms with Crippen LogP contribution >= 0.6 is 0 Å². The number of nitrogens with two attached hydrogens (primary N) is 1. The minimum absolute atomic E-state index is 0.485. The number of nitrogens with zero attached hydrogens (tertiary/aromatic N) is 2. The summed E-state index contributed by atoms with van der Waals surface area (Å²) in [6, 6.07) is 7.82. The van der Waals surface area contributed by atoms with Gasteiger partial charge in [-0.25, -0.2) is 4.98 Å². The van der Waals surface area contributed by atoms with E-state index in [0.717, 1.165) is 22.8 Å². The van der Waals surface area contributed by atoms with Gasteiger partial charge in [0.15, 0.2) is 0 Å². The lowest BCUT2D eigenvalue weighted by Gasteiger charge is -2.08. The van der Waals surface area contributed by atoms with Gasteiger partial charge in [-0.15, -0.1) is 0 Å². The lowest BCUT2D eigenvalue weighted by Crippen LogP contribution is -2.04. The number of ether oxygens (including phenoxy) is 1. The van der Waals surface area contributed by atoms with E-state index in [0.29, 0.717) is 6.54 Å². The van der Waals surface area contributed by atoms with E-state index in [1.54, 1.807) is 13.3 Å². The van der Waals surface area contributed by atoms with Crippen LogP contribution in [0, 0.1) is 0 Å². The standard InChI is InChI=1S/C12H15N3O/c1-15-9(7-13)8-14-12(15)10-5-3-4-6-11(10)16-2/h3-6,8H,7,13H2,1-2H3. The predicted octanol–water partition coefficient (Wildman–Crippen LogP) is 1.55. The molecule has 0 atom stereocenters. The lowest BCUT2D eigenvalue weighted by molar-refractivity contribution is 0.416. The Morgan fingerprint density at radius 2 is 2.12 bits per heavy atom. The summed E-state index contributed by atoms with van der Waals surface area (Å²) in [5.41, 5.74) is 7.60. The van der Waals surface area contributed by atoms with Gasteiger partial charge in [-0.1, -0.05) is 12.1 Å². The maximum absolute atomic E-state index is 5.62. The highest BCUT2D eigenvalue weighted by Gasteiger charge is 2.11. The molecule has 0 radical (unpaired) electrons. The fourth-order valence-electron chi connectivity index (χ4n) is 1.71. The Hall–Kier alpha value is -1.81. The van der Waals surface area contributed by atoms with Crippen molar-refractivity contribution in [3.8, 4) is 17.1 Å². The molecule has 0 amide bonds. The molecule has 0 unspecified atom stereocenters. The van der Waals surface area contributed by atoms with Gasteiger partial charge in [0.05, 0.1) is 24.6 Å². The molecule has 0 aliphatic carbocycles. The molecule has 0 saturated heterocycles. The summed E-state index contributed by atoms with van der Waals surface area (Å²) in [6.07, 6.45) is 1.79. The highest BCUT2D eigenvalue weighted by molar-refractivity contribution is 5.64. The molecule has 0 spiro atoms. The molecule has 16 heavy (non-hydrogen) atoms. The van der Waals surface area contributed by atoms with Crippen LogP contribution in [0.25, 0.3) is 11.4 Å². The largest absolute Gasteiger partial charge is 0.496 e. The van der Waals surface area contributed by atoms with Gasteiger partial charge in [-0.3, -0.25) is 0 Å². The molecule has 84 valence electrons. The minimum atomic E-state index is 0.485. The Kier molecular flexibility index (Phi) is 2.92. The van der Waals surface area contributed by atoms with E-state index in [1.165, 1.54) is 0 Å². The Balaban J connectivity index is 2.54. The SMILES string of the molecule is COc1ccccc1-c1ncc(CN)n1C. The van der Waals surface area contributed by atoms with Gasteiger partial charge in [0.1, 0.15) is 11.6 Å². The van der Waals surface area contributed by atoms with Gasteiger partial charge >= 0.3 is 0 Å². The van der Waals surface area contributed by atoms with Gasteiger partial charge in [0, 0.05) is 13.6 Å². The normalized spacial score (nSPS) is 10.4. The zero-order valence-corrected chi connectivity index (χ0v) is 9.47. The first-order valence-corrected chi connectivity index (χ1v) is 5.12. The molecule has 0 bridgehead atoms. The van der Waals surface area contributed by atoms with Gasteiger partial charge in [0.2, 0.25) is 0 Å². The van der Waals surface area contributed by atoms with Crippen LogP contribution in [0.2, 0.25) is 0 Å². The number of rotatable bonds is 3. The van der Waals surface area contributed by atoms with Crippen LogP contribution < -0.4 is 10.5 Å². The highest BCUT2D eigenvalue weighted by Crippen LogP contribution is 2.28. The monoisotopic (exact) mass is 217 g/mol. The maximum Gasteiger partial charge on any atom is 0.143 e. The number of imidazole rings is 1. The Labute approximate surface area is 94.7 Å². The molecule has 2 N–H and O–H groups in total. The maximum atomic E-state index is 5.62. The average molecular weight is 217 g/mol. The second kappa shape index (κ2) is 4.37. The van der Waals surface area contributed by atoms with Crippen LogP contribution in [0.5, 0.6) is 5.75 Å². The molecule has 1 heterocycles. The van der Waals surface area contributed by atoms with Crippen LogP contribution in [0.1, 0.15) is 5.69 Å². The third-order valence-corrected chi connectivity index (χ3v) is 2.64. The molecule has 0 fully saturated rings. The molecule has 0 saturated carbocycles. The molecule has 4 heteroatoms. The molecule has 0 aliphatic heterocycles. The van der Waals surface area contributed by atoms with Crippen molar-refractivity contribution in [1.29, 1.82) is 0 Å². The van der Waals surface area contributed by atoms with Crippen LogP contribution in [-0.2, 0) is 13.6 Å². The molecule has 0 aliphatic rings. The number of hydrogen-bond acceptors (Lipinski definition) is 3. The summed E-state index contributed by atoms with van der Waals surface area (Å²) in [5, 5.41) is 0. The third kappa shape index (κ3) is 1.67. The van der Waals surface area contributed by atoms with Gasteiger partial charge in [0.25, 0.3) is 0 Å². The van der Waals surface area contributed by atoms with Crippen molar-refractivity contribution in [3.63, 3.8) is 0 Å². The van der Waals surface area contributed by atoms with Crippen molar-refractivity contribution < 1.29 is 4.74 Å². The van der Waals surface area contributed by atoms with Crippen molar-refractivity contribution in [2.75, 3.05) is 7.11 Å². The Morgan fingerprint density at radius 3 is 2.75 bits per heavy atom. The van der Waals surface area contributed by atoms with E-state index in [4.69, 9.17) is 10.5 Å². The van der Waals surface area contributed by atoms with E-state index in [1.807, 2.05) is 35.9 Å². The van der Waals surface area contributed by atoms with Crippen LogP contribution in [-0.4, -0.2) is 16.7 Å². The number of aromatic nitrogens is 2. The topological polar surface area (TPSA) is 53.1 Å². The lowest BCUT2D eigenvalue weighted by atomic mass is 10.2. The molecular formula is C12H15N3O. The number of hydrogen-bond donors (Lipinski definition) is 1. The van der Waals surface area contributed by atoms with Crippen molar-refractivity contribution in [1.82, 2.24) is 9.55 Å². The number of methoxy groups -OCH3 is 1. The Morgan fingerprint density at radius 1 is 1.38 bits per heavy atom. The van der Waals surface area contributed by atoms with E-state index in [-0.39, 0.29) is 0 Å². The minimum Gasteiger partial charge on any atom is -0.496 e. The van der Waals surface area contributed by atoms with E-state index >= 15 is 0 Å². The quantitative estimate of drug-likeness (QED) is 0.848. The van der Waals surface area contributed by atoms with E-state index in [9.17, 15) is 0 Å². The molecule has 2 rings (SSSR count). The molecule has 1 aromatic heterocycles. The third-order valence-electron chi connectivity index (χ3n) is 2.64. The number of para-hydroxylation sites is 1. The van der Waals surface area contributed by atoms with Crippen molar-refractivity contribution >= 4 is 0 Å². The summed E-state index contributed by atoms with van der Waals surface area (Å²) >= 11 is 0. The summed E-state index contributed by atoms with van der Waals surface area (Å²) in [6.45, 7) is 0.485. The highest BCUT2D eigenvalue weighted by atomic mass is 16.5. The van der Waals surface area contributed by atoms with Crippen molar-refractivity contribution in [2.24, 2.45) is 12.8 Å². The van der Waals surface area contributed by atoms with Crippen LogP contribution in [0.4, 0.5) is 0 Å². The second-order valence-corrected chi connectivity index (χ2v) is 3.54. The summed E-state index contributed by atoms with van der Waals surface area (Å²) < 4.78 is 7.30. The first kappa shape index (κ1) is 10.7.